The topological polar surface area (TPSA) is 68.4 Å². The Labute approximate surface area is 83.7 Å². The van der Waals surface area contributed by atoms with Crippen molar-refractivity contribution in [3.63, 3.8) is 0 Å². The molecule has 3 N–H and O–H groups in total. The second-order valence-electron chi connectivity index (χ2n) is 3.08. The molecule has 0 unspecified atom stereocenters. The summed E-state index contributed by atoms with van der Waals surface area (Å²) >= 11 is 0. The maximum atomic E-state index is 8.58. The molecule has 0 amide bonds. The van der Waals surface area contributed by atoms with Crippen LogP contribution in [0.25, 0.3) is 0 Å². The number of rotatable bonds is 5. The second kappa shape index (κ2) is 5.57. The summed E-state index contributed by atoms with van der Waals surface area (Å²) in [5.41, 5.74) is 7.43. The van der Waals surface area contributed by atoms with Gasteiger partial charge in [0.05, 0.1) is 6.61 Å². The van der Waals surface area contributed by atoms with Crippen molar-refractivity contribution in [3.05, 3.63) is 23.4 Å². The zero-order valence-corrected chi connectivity index (χ0v) is 8.36. The highest BCUT2D eigenvalue weighted by molar-refractivity contribution is 5.24. The summed E-state index contributed by atoms with van der Waals surface area (Å²) in [6.07, 6.45) is 0.619. The average molecular weight is 196 g/mol. The van der Waals surface area contributed by atoms with Gasteiger partial charge in [0.15, 0.2) is 0 Å². The van der Waals surface area contributed by atoms with E-state index in [1.165, 1.54) is 0 Å². The number of nitrogens with two attached hydrogens (primary N) is 1. The highest BCUT2D eigenvalue weighted by Crippen LogP contribution is 2.11. The van der Waals surface area contributed by atoms with Gasteiger partial charge in [0.25, 0.3) is 0 Å². The van der Waals surface area contributed by atoms with Gasteiger partial charge in [-0.15, -0.1) is 0 Å². The zero-order valence-electron chi connectivity index (χ0n) is 8.36. The van der Waals surface area contributed by atoms with E-state index >= 15 is 0 Å². The Kier molecular flexibility index (Phi) is 4.35. The second-order valence-corrected chi connectivity index (χ2v) is 3.08. The van der Waals surface area contributed by atoms with E-state index < -0.39 is 0 Å². The molecule has 0 aliphatic heterocycles. The maximum Gasteiger partial charge on any atom is 0.213 e. The molecule has 0 saturated heterocycles. The maximum absolute atomic E-state index is 8.58. The highest BCUT2D eigenvalue weighted by Gasteiger charge is 1.99. The standard InChI is InChI=1S/C10H16N2O2/c1-8-5-9(7-11)6-10(12-8)14-4-2-3-13/h5-6,13H,2-4,7,11H2,1H3. The lowest BCUT2D eigenvalue weighted by molar-refractivity contribution is 0.229. The predicted octanol–water partition coefficient (Wildman–Crippen LogP) is 0.610. The molecule has 0 aliphatic carbocycles. The summed E-state index contributed by atoms with van der Waals surface area (Å²) in [6.45, 7) is 3.00. The van der Waals surface area contributed by atoms with E-state index in [0.29, 0.717) is 25.5 Å². The van der Waals surface area contributed by atoms with Gasteiger partial charge in [-0.3, -0.25) is 0 Å². The van der Waals surface area contributed by atoms with Gasteiger partial charge in [-0.1, -0.05) is 0 Å². The fraction of sp³-hybridized carbons (Fsp3) is 0.500. The van der Waals surface area contributed by atoms with E-state index in [4.69, 9.17) is 15.6 Å². The fourth-order valence-corrected chi connectivity index (χ4v) is 1.14. The van der Waals surface area contributed by atoms with E-state index in [9.17, 15) is 0 Å². The van der Waals surface area contributed by atoms with Crippen molar-refractivity contribution < 1.29 is 9.84 Å². The van der Waals surface area contributed by atoms with Crippen molar-refractivity contribution in [2.45, 2.75) is 19.9 Å². The average Bonchev–Trinajstić information content (AvgIpc) is 2.17. The first-order chi connectivity index (χ1) is 6.76. The first kappa shape index (κ1) is 10.9. The number of aryl methyl sites for hydroxylation is 1. The van der Waals surface area contributed by atoms with Crippen LogP contribution in [-0.2, 0) is 6.54 Å². The predicted molar refractivity (Wildman–Crippen MR) is 54.1 cm³/mol. The summed E-state index contributed by atoms with van der Waals surface area (Å²) < 4.78 is 5.34. The van der Waals surface area contributed by atoms with E-state index in [1.807, 2.05) is 19.1 Å². The van der Waals surface area contributed by atoms with Crippen LogP contribution in [0, 0.1) is 6.92 Å². The van der Waals surface area contributed by atoms with Gasteiger partial charge in [-0.2, -0.15) is 0 Å². The van der Waals surface area contributed by atoms with E-state index in [2.05, 4.69) is 4.98 Å². The number of ether oxygens (including phenoxy) is 1. The normalized spacial score (nSPS) is 10.2. The summed E-state index contributed by atoms with van der Waals surface area (Å²) in [5, 5.41) is 8.58. The zero-order chi connectivity index (χ0) is 10.4. The van der Waals surface area contributed by atoms with Crippen LogP contribution in [-0.4, -0.2) is 23.3 Å². The van der Waals surface area contributed by atoms with E-state index in [1.54, 1.807) is 0 Å². The van der Waals surface area contributed by atoms with Crippen molar-refractivity contribution in [2.75, 3.05) is 13.2 Å². The number of hydrogen-bond donors (Lipinski definition) is 2. The molecule has 78 valence electrons. The monoisotopic (exact) mass is 196 g/mol. The molecule has 0 fully saturated rings. The Morgan fingerprint density at radius 2 is 2.29 bits per heavy atom. The molecule has 0 bridgehead atoms. The molecule has 0 atom stereocenters. The quantitative estimate of drug-likeness (QED) is 0.677. The summed E-state index contributed by atoms with van der Waals surface area (Å²) in [6, 6.07) is 3.75. The van der Waals surface area contributed by atoms with Crippen molar-refractivity contribution in [2.24, 2.45) is 5.73 Å². The fourth-order valence-electron chi connectivity index (χ4n) is 1.14. The smallest absolute Gasteiger partial charge is 0.213 e. The van der Waals surface area contributed by atoms with Gasteiger partial charge in [0.2, 0.25) is 5.88 Å². The first-order valence-corrected chi connectivity index (χ1v) is 4.67. The number of nitrogens with zero attached hydrogens (tertiary/aromatic N) is 1. The third-order valence-corrected chi connectivity index (χ3v) is 1.78. The van der Waals surface area contributed by atoms with Crippen LogP contribution in [0.5, 0.6) is 5.88 Å². The Balaban J connectivity index is 2.62. The number of aliphatic hydroxyl groups excluding tert-OH is 1. The van der Waals surface area contributed by atoms with Crippen molar-refractivity contribution in [1.29, 1.82) is 0 Å². The molecule has 1 aromatic heterocycles. The summed E-state index contributed by atoms with van der Waals surface area (Å²) in [7, 11) is 0. The van der Waals surface area contributed by atoms with Crippen LogP contribution in [0.15, 0.2) is 12.1 Å². The number of pyridine rings is 1. The van der Waals surface area contributed by atoms with Crippen LogP contribution in [0.3, 0.4) is 0 Å². The van der Waals surface area contributed by atoms with Crippen LogP contribution in [0.1, 0.15) is 17.7 Å². The minimum Gasteiger partial charge on any atom is -0.478 e. The van der Waals surface area contributed by atoms with Crippen molar-refractivity contribution >= 4 is 0 Å². The Bertz CT molecular complexity index is 289. The van der Waals surface area contributed by atoms with Crippen LogP contribution < -0.4 is 10.5 Å². The molecule has 4 heteroatoms. The lowest BCUT2D eigenvalue weighted by Crippen LogP contribution is -2.04. The number of aliphatic hydroxyl groups is 1. The van der Waals surface area contributed by atoms with Crippen LogP contribution in [0.4, 0.5) is 0 Å². The van der Waals surface area contributed by atoms with Gasteiger partial charge in [-0.05, 0) is 18.6 Å². The molecule has 14 heavy (non-hydrogen) atoms. The molecule has 0 radical (unpaired) electrons. The lowest BCUT2D eigenvalue weighted by Gasteiger charge is -2.06. The Morgan fingerprint density at radius 3 is 2.93 bits per heavy atom. The SMILES string of the molecule is Cc1cc(CN)cc(OCCCO)n1. The summed E-state index contributed by atoms with van der Waals surface area (Å²) in [5.74, 6) is 0.582. The van der Waals surface area contributed by atoms with Gasteiger partial charge < -0.3 is 15.6 Å². The minimum absolute atomic E-state index is 0.134. The molecule has 0 saturated carbocycles. The molecular formula is C10H16N2O2. The third kappa shape index (κ3) is 3.32. The lowest BCUT2D eigenvalue weighted by atomic mass is 10.2. The summed E-state index contributed by atoms with van der Waals surface area (Å²) in [4.78, 5) is 4.19. The van der Waals surface area contributed by atoms with Gasteiger partial charge >= 0.3 is 0 Å². The Hall–Kier alpha value is -1.13. The molecule has 0 aromatic carbocycles. The van der Waals surface area contributed by atoms with Gasteiger partial charge in [0, 0.05) is 31.3 Å². The molecule has 0 aliphatic rings. The Morgan fingerprint density at radius 1 is 1.50 bits per heavy atom. The highest BCUT2D eigenvalue weighted by atomic mass is 16.5. The first-order valence-electron chi connectivity index (χ1n) is 4.67. The molecule has 1 heterocycles. The third-order valence-electron chi connectivity index (χ3n) is 1.78. The molecular weight excluding hydrogens is 180 g/mol. The van der Waals surface area contributed by atoms with E-state index in [-0.39, 0.29) is 6.61 Å². The van der Waals surface area contributed by atoms with Crippen molar-refractivity contribution in [1.82, 2.24) is 4.98 Å². The number of aromatic nitrogens is 1. The molecule has 0 spiro atoms. The molecule has 1 rings (SSSR count). The van der Waals surface area contributed by atoms with Crippen LogP contribution >= 0.6 is 0 Å². The minimum atomic E-state index is 0.134. The van der Waals surface area contributed by atoms with Gasteiger partial charge in [0.1, 0.15) is 0 Å². The largest absolute Gasteiger partial charge is 0.478 e. The molecule has 1 aromatic rings. The van der Waals surface area contributed by atoms with Crippen LogP contribution in [0.2, 0.25) is 0 Å². The van der Waals surface area contributed by atoms with Gasteiger partial charge in [-0.25, -0.2) is 4.98 Å². The van der Waals surface area contributed by atoms with E-state index in [0.717, 1.165) is 11.3 Å². The molecule has 4 nitrogen and oxygen atoms in total. The van der Waals surface area contributed by atoms with Crippen molar-refractivity contribution in [3.8, 4) is 5.88 Å². The number of hydrogen-bond acceptors (Lipinski definition) is 4.